The highest BCUT2D eigenvalue weighted by atomic mass is 16.5. The number of anilines is 1. The molecule has 1 heterocycles. The van der Waals surface area contributed by atoms with Crippen molar-refractivity contribution in [2.24, 2.45) is 0 Å². The number of phenols is 1. The smallest absolute Gasteiger partial charge is 0.143 e. The Balaban J connectivity index is 1.78. The van der Waals surface area contributed by atoms with Crippen molar-refractivity contribution in [1.82, 2.24) is 0 Å². The minimum absolute atomic E-state index is 0.0825. The number of nitrogens with zero attached hydrogens (tertiary/aromatic N) is 1. The average Bonchev–Trinajstić information content (AvgIpc) is 2.48. The van der Waals surface area contributed by atoms with Crippen LogP contribution in [0.5, 0.6) is 17.2 Å². The van der Waals surface area contributed by atoms with Crippen LogP contribution in [0.25, 0.3) is 0 Å². The largest absolute Gasteiger partial charge is 0.508 e. The fourth-order valence-corrected chi connectivity index (χ4v) is 2.69. The maximum atomic E-state index is 9.57. The number of methoxy groups -OCH3 is 1. The molecule has 1 aliphatic heterocycles. The van der Waals surface area contributed by atoms with Crippen LogP contribution < -0.4 is 14.4 Å². The van der Waals surface area contributed by atoms with E-state index in [0.717, 1.165) is 30.2 Å². The molecule has 1 aliphatic rings. The minimum Gasteiger partial charge on any atom is -0.508 e. The van der Waals surface area contributed by atoms with Gasteiger partial charge < -0.3 is 19.5 Å². The number of hydrogen-bond donors (Lipinski definition) is 1. The van der Waals surface area contributed by atoms with Gasteiger partial charge in [-0.1, -0.05) is 12.1 Å². The average molecular weight is 285 g/mol. The first kappa shape index (κ1) is 13.6. The van der Waals surface area contributed by atoms with Crippen LogP contribution in [0.1, 0.15) is 5.56 Å². The van der Waals surface area contributed by atoms with E-state index in [0.29, 0.717) is 0 Å². The van der Waals surface area contributed by atoms with E-state index >= 15 is 0 Å². The summed E-state index contributed by atoms with van der Waals surface area (Å²) in [5.41, 5.74) is 2.12. The molecule has 1 atom stereocenters. The van der Waals surface area contributed by atoms with Gasteiger partial charge in [-0.15, -0.1) is 0 Å². The highest BCUT2D eigenvalue weighted by molar-refractivity contribution is 5.62. The Morgan fingerprint density at radius 2 is 2.14 bits per heavy atom. The van der Waals surface area contributed by atoms with Crippen molar-refractivity contribution in [1.29, 1.82) is 0 Å². The van der Waals surface area contributed by atoms with Crippen molar-refractivity contribution < 1.29 is 14.6 Å². The van der Waals surface area contributed by atoms with E-state index in [4.69, 9.17) is 9.47 Å². The first-order valence-corrected chi connectivity index (χ1v) is 6.99. The fraction of sp³-hybridized carbons (Fsp3) is 0.294. The van der Waals surface area contributed by atoms with Crippen molar-refractivity contribution in [2.75, 3.05) is 25.6 Å². The first-order chi connectivity index (χ1) is 10.2. The number of aromatic hydroxyl groups is 1. The van der Waals surface area contributed by atoms with Gasteiger partial charge in [0.25, 0.3) is 0 Å². The molecule has 110 valence electrons. The van der Waals surface area contributed by atoms with Crippen LogP contribution in [0.2, 0.25) is 0 Å². The third-order valence-corrected chi connectivity index (χ3v) is 3.72. The van der Waals surface area contributed by atoms with Crippen molar-refractivity contribution in [2.45, 2.75) is 12.5 Å². The summed E-state index contributed by atoms with van der Waals surface area (Å²) in [5.74, 6) is 1.94. The van der Waals surface area contributed by atoms with Gasteiger partial charge in [-0.25, -0.2) is 0 Å². The number of fused-ring (bicyclic) bond motifs is 1. The van der Waals surface area contributed by atoms with E-state index in [1.54, 1.807) is 19.2 Å². The Hall–Kier alpha value is -2.36. The van der Waals surface area contributed by atoms with E-state index in [1.807, 2.05) is 31.3 Å². The van der Waals surface area contributed by atoms with Gasteiger partial charge in [-0.3, -0.25) is 0 Å². The Bertz CT molecular complexity index is 642. The Morgan fingerprint density at radius 3 is 2.95 bits per heavy atom. The second kappa shape index (κ2) is 5.56. The molecule has 4 heteroatoms. The summed E-state index contributed by atoms with van der Waals surface area (Å²) >= 11 is 0. The zero-order chi connectivity index (χ0) is 14.8. The van der Waals surface area contributed by atoms with Gasteiger partial charge in [0.05, 0.1) is 19.3 Å². The second-order valence-electron chi connectivity index (χ2n) is 5.33. The number of likely N-dealkylation sites (N-methyl/N-ethyl adjacent to an activating group) is 1. The molecule has 0 amide bonds. The summed E-state index contributed by atoms with van der Waals surface area (Å²) in [6.45, 7) is 0.785. The second-order valence-corrected chi connectivity index (χ2v) is 5.33. The molecule has 3 rings (SSSR count). The van der Waals surface area contributed by atoms with Gasteiger partial charge >= 0.3 is 0 Å². The van der Waals surface area contributed by atoms with Crippen LogP contribution in [0.4, 0.5) is 5.69 Å². The van der Waals surface area contributed by atoms with Crippen molar-refractivity contribution in [3.8, 4) is 17.2 Å². The third-order valence-electron chi connectivity index (χ3n) is 3.72. The monoisotopic (exact) mass is 285 g/mol. The van der Waals surface area contributed by atoms with Crippen molar-refractivity contribution in [3.63, 3.8) is 0 Å². The summed E-state index contributed by atoms with van der Waals surface area (Å²) in [5, 5.41) is 9.57. The molecule has 21 heavy (non-hydrogen) atoms. The van der Waals surface area contributed by atoms with Gasteiger partial charge in [0.1, 0.15) is 23.4 Å². The molecule has 0 aliphatic carbocycles. The summed E-state index contributed by atoms with van der Waals surface area (Å²) in [6, 6.07) is 13.3. The van der Waals surface area contributed by atoms with Crippen LogP contribution in [-0.4, -0.2) is 31.9 Å². The number of ether oxygens (including phenoxy) is 2. The molecule has 1 unspecified atom stereocenters. The minimum atomic E-state index is 0.0825. The standard InChI is InChI=1S/C17H19NO3/c1-18-11-15(9-12-4-3-5-14(8-12)20-2)21-17-7-6-13(19)10-16(17)18/h3-8,10,15,19H,9,11H2,1-2H3. The van der Waals surface area contributed by atoms with Gasteiger partial charge in [0, 0.05) is 19.5 Å². The van der Waals surface area contributed by atoms with Crippen LogP contribution in [0, 0.1) is 0 Å². The summed E-state index contributed by atoms with van der Waals surface area (Å²) in [6.07, 6.45) is 0.904. The predicted octanol–water partition coefficient (Wildman–Crippen LogP) is 2.84. The maximum absolute atomic E-state index is 9.57. The van der Waals surface area contributed by atoms with E-state index in [-0.39, 0.29) is 11.9 Å². The van der Waals surface area contributed by atoms with E-state index < -0.39 is 0 Å². The van der Waals surface area contributed by atoms with Crippen molar-refractivity contribution >= 4 is 5.69 Å². The lowest BCUT2D eigenvalue weighted by atomic mass is 10.1. The predicted molar refractivity (Wildman–Crippen MR) is 82.5 cm³/mol. The van der Waals surface area contributed by atoms with Gasteiger partial charge in [0.2, 0.25) is 0 Å². The van der Waals surface area contributed by atoms with Crippen LogP contribution in [0.3, 0.4) is 0 Å². The molecule has 0 radical (unpaired) electrons. The third kappa shape index (κ3) is 2.89. The van der Waals surface area contributed by atoms with Crippen molar-refractivity contribution in [3.05, 3.63) is 48.0 Å². The SMILES string of the molecule is COc1cccc(CC2CN(C)c3cc(O)ccc3O2)c1. The fourth-order valence-electron chi connectivity index (χ4n) is 2.69. The highest BCUT2D eigenvalue weighted by Crippen LogP contribution is 2.35. The van der Waals surface area contributed by atoms with Crippen LogP contribution in [0.15, 0.2) is 42.5 Å². The summed E-state index contributed by atoms with van der Waals surface area (Å²) < 4.78 is 11.3. The molecular formula is C17H19NO3. The summed E-state index contributed by atoms with van der Waals surface area (Å²) in [4.78, 5) is 2.11. The molecule has 0 saturated carbocycles. The Morgan fingerprint density at radius 1 is 1.29 bits per heavy atom. The van der Waals surface area contributed by atoms with Crippen LogP contribution >= 0.6 is 0 Å². The molecule has 0 fully saturated rings. The molecule has 0 bridgehead atoms. The Kier molecular flexibility index (Phi) is 3.60. The Labute approximate surface area is 124 Å². The molecule has 1 N–H and O–H groups in total. The topological polar surface area (TPSA) is 41.9 Å². The lowest BCUT2D eigenvalue weighted by Crippen LogP contribution is -2.38. The van der Waals surface area contributed by atoms with E-state index in [2.05, 4.69) is 11.0 Å². The van der Waals surface area contributed by atoms with Gasteiger partial charge in [0.15, 0.2) is 0 Å². The summed E-state index contributed by atoms with van der Waals surface area (Å²) in [7, 11) is 3.69. The highest BCUT2D eigenvalue weighted by Gasteiger charge is 2.24. The van der Waals surface area contributed by atoms with E-state index in [9.17, 15) is 5.11 Å². The van der Waals surface area contributed by atoms with Crippen LogP contribution in [-0.2, 0) is 6.42 Å². The molecule has 2 aromatic rings. The number of phenolic OH excluding ortho intramolecular Hbond substituents is 1. The lowest BCUT2D eigenvalue weighted by molar-refractivity contribution is 0.196. The zero-order valence-electron chi connectivity index (χ0n) is 12.2. The molecule has 0 spiro atoms. The van der Waals surface area contributed by atoms with Gasteiger partial charge in [-0.2, -0.15) is 0 Å². The lowest BCUT2D eigenvalue weighted by Gasteiger charge is -2.34. The molecule has 2 aromatic carbocycles. The number of benzene rings is 2. The van der Waals surface area contributed by atoms with E-state index in [1.165, 1.54) is 5.56 Å². The number of hydrogen-bond acceptors (Lipinski definition) is 4. The molecular weight excluding hydrogens is 266 g/mol. The quantitative estimate of drug-likeness (QED) is 0.941. The number of rotatable bonds is 3. The maximum Gasteiger partial charge on any atom is 0.143 e. The molecule has 0 aromatic heterocycles. The molecule has 0 saturated heterocycles. The normalized spacial score (nSPS) is 17.0. The van der Waals surface area contributed by atoms with Gasteiger partial charge in [-0.05, 0) is 29.8 Å². The first-order valence-electron chi connectivity index (χ1n) is 6.99. The molecule has 4 nitrogen and oxygen atoms in total. The zero-order valence-corrected chi connectivity index (χ0v) is 12.2.